The van der Waals surface area contributed by atoms with Crippen LogP contribution in [0.2, 0.25) is 0 Å². The van der Waals surface area contributed by atoms with Crippen molar-refractivity contribution >= 4 is 21.6 Å². The molecule has 28 heavy (non-hydrogen) atoms. The van der Waals surface area contributed by atoms with E-state index in [4.69, 9.17) is 14.0 Å². The summed E-state index contributed by atoms with van der Waals surface area (Å²) in [6.45, 7) is 6.79. The van der Waals surface area contributed by atoms with Crippen molar-refractivity contribution < 1.29 is 14.0 Å². The van der Waals surface area contributed by atoms with Gasteiger partial charge in [0, 0.05) is 16.5 Å². The number of benzene rings is 1. The van der Waals surface area contributed by atoms with Gasteiger partial charge in [-0.25, -0.2) is 9.97 Å². The maximum atomic E-state index is 5.92. The van der Waals surface area contributed by atoms with E-state index in [1.54, 1.807) is 18.4 Å². The van der Waals surface area contributed by atoms with Crippen LogP contribution >= 0.6 is 11.3 Å². The molecule has 6 nitrogen and oxygen atoms in total. The van der Waals surface area contributed by atoms with Crippen LogP contribution in [0.25, 0.3) is 21.5 Å². The van der Waals surface area contributed by atoms with Crippen molar-refractivity contribution in [3.05, 3.63) is 53.4 Å². The number of fused-ring (bicyclic) bond motifs is 1. The van der Waals surface area contributed by atoms with Crippen molar-refractivity contribution in [1.29, 1.82) is 0 Å². The molecule has 0 radical (unpaired) electrons. The van der Waals surface area contributed by atoms with Crippen LogP contribution in [0.3, 0.4) is 0 Å². The molecule has 4 aromatic rings. The molecule has 0 N–H and O–H groups in total. The number of thiophene rings is 1. The molecular weight excluding hydrogens is 374 g/mol. The van der Waals surface area contributed by atoms with Crippen LogP contribution < -0.4 is 9.47 Å². The Balaban J connectivity index is 1.52. The molecule has 0 saturated heterocycles. The number of ether oxygens (including phenoxy) is 2. The Morgan fingerprint density at radius 2 is 1.86 bits per heavy atom. The first-order chi connectivity index (χ1) is 13.4. The van der Waals surface area contributed by atoms with Crippen molar-refractivity contribution in [2.24, 2.45) is 0 Å². The van der Waals surface area contributed by atoms with E-state index in [0.29, 0.717) is 11.6 Å². The first-order valence-electron chi connectivity index (χ1n) is 8.92. The summed E-state index contributed by atoms with van der Waals surface area (Å²) in [6, 6.07) is 11.6. The van der Waals surface area contributed by atoms with Crippen molar-refractivity contribution in [3.8, 4) is 22.9 Å². The fraction of sp³-hybridized carbons (Fsp3) is 0.286. The normalized spacial score (nSPS) is 11.7. The van der Waals surface area contributed by atoms with Crippen LogP contribution in [0.15, 0.2) is 47.2 Å². The van der Waals surface area contributed by atoms with Gasteiger partial charge in [-0.05, 0) is 35.7 Å². The minimum absolute atomic E-state index is 0.0564. The van der Waals surface area contributed by atoms with Gasteiger partial charge >= 0.3 is 0 Å². The molecule has 0 aliphatic carbocycles. The summed E-state index contributed by atoms with van der Waals surface area (Å²) in [4.78, 5) is 10.8. The highest BCUT2D eigenvalue weighted by Gasteiger charge is 2.19. The zero-order valence-corrected chi connectivity index (χ0v) is 17.0. The van der Waals surface area contributed by atoms with Crippen molar-refractivity contribution in [2.75, 3.05) is 7.11 Å². The fourth-order valence-electron chi connectivity index (χ4n) is 2.74. The zero-order valence-electron chi connectivity index (χ0n) is 16.2. The second-order valence-electron chi connectivity index (χ2n) is 7.45. The lowest BCUT2D eigenvalue weighted by Crippen LogP contribution is -2.07. The second-order valence-corrected chi connectivity index (χ2v) is 8.48. The van der Waals surface area contributed by atoms with Gasteiger partial charge in [-0.15, -0.1) is 11.3 Å². The lowest BCUT2D eigenvalue weighted by molar-refractivity contribution is 0.244. The topological polar surface area (TPSA) is 70.3 Å². The first kappa shape index (κ1) is 18.4. The third-order valence-electron chi connectivity index (χ3n) is 4.33. The van der Waals surface area contributed by atoms with Gasteiger partial charge in [-0.3, -0.25) is 0 Å². The van der Waals surface area contributed by atoms with Gasteiger partial charge in [-0.2, -0.15) is 0 Å². The number of methoxy groups -OCH3 is 1. The quantitative estimate of drug-likeness (QED) is 0.461. The van der Waals surface area contributed by atoms with E-state index >= 15 is 0 Å². The van der Waals surface area contributed by atoms with Gasteiger partial charge in [-0.1, -0.05) is 25.9 Å². The fourth-order valence-corrected chi connectivity index (χ4v) is 3.78. The Bertz CT molecular complexity index is 1090. The molecule has 0 unspecified atom stereocenters. The van der Waals surface area contributed by atoms with Crippen LogP contribution in [0, 0.1) is 0 Å². The Morgan fingerprint density at radius 3 is 2.57 bits per heavy atom. The average molecular weight is 395 g/mol. The number of hydrogen-bond donors (Lipinski definition) is 0. The predicted octanol–water partition coefficient (Wildman–Crippen LogP) is 5.23. The molecule has 0 amide bonds. The van der Waals surface area contributed by atoms with Gasteiger partial charge < -0.3 is 14.0 Å². The third kappa shape index (κ3) is 3.71. The zero-order chi connectivity index (χ0) is 19.7. The third-order valence-corrected chi connectivity index (χ3v) is 5.80. The van der Waals surface area contributed by atoms with E-state index < -0.39 is 0 Å². The number of aromatic nitrogens is 3. The predicted molar refractivity (Wildman–Crippen MR) is 109 cm³/mol. The Labute approximate surface area is 167 Å². The number of rotatable bonds is 5. The standard InChI is InChI=1S/C21H21N3O3S/c1-21(2,3)18-10-16-19(22-12-23-20(16)28-18)26-11-15-9-17(24-27-15)13-5-7-14(25-4)8-6-13/h5-10,12H,11H2,1-4H3. The maximum Gasteiger partial charge on any atom is 0.225 e. The van der Waals surface area contributed by atoms with Crippen molar-refractivity contribution in [2.45, 2.75) is 32.8 Å². The lowest BCUT2D eigenvalue weighted by atomic mass is 9.94. The second kappa shape index (κ2) is 7.24. The number of hydrogen-bond acceptors (Lipinski definition) is 7. The highest BCUT2D eigenvalue weighted by Crippen LogP contribution is 2.36. The van der Waals surface area contributed by atoms with E-state index in [1.165, 1.54) is 11.2 Å². The Morgan fingerprint density at radius 1 is 1.07 bits per heavy atom. The Hall–Kier alpha value is -2.93. The van der Waals surface area contributed by atoms with E-state index in [1.807, 2.05) is 30.3 Å². The molecule has 4 rings (SSSR count). The molecule has 3 aromatic heterocycles. The summed E-state index contributed by atoms with van der Waals surface area (Å²) in [6.07, 6.45) is 1.53. The molecule has 0 bridgehead atoms. The van der Waals surface area contributed by atoms with Gasteiger partial charge in [0.1, 0.15) is 22.6 Å². The van der Waals surface area contributed by atoms with Gasteiger partial charge in [0.2, 0.25) is 5.88 Å². The minimum atomic E-state index is 0.0564. The lowest BCUT2D eigenvalue weighted by Gasteiger charge is -2.14. The van der Waals surface area contributed by atoms with Gasteiger partial charge in [0.05, 0.1) is 12.5 Å². The molecule has 3 heterocycles. The molecule has 7 heteroatoms. The van der Waals surface area contributed by atoms with Crippen LogP contribution in [0.1, 0.15) is 31.4 Å². The summed E-state index contributed by atoms with van der Waals surface area (Å²) >= 11 is 1.67. The van der Waals surface area contributed by atoms with Crippen LogP contribution in [-0.4, -0.2) is 22.2 Å². The largest absolute Gasteiger partial charge is 0.497 e. The highest BCUT2D eigenvalue weighted by atomic mass is 32.1. The van der Waals surface area contributed by atoms with Crippen LogP contribution in [-0.2, 0) is 12.0 Å². The molecular formula is C21H21N3O3S. The molecule has 0 fully saturated rings. The minimum Gasteiger partial charge on any atom is -0.497 e. The Kier molecular flexibility index (Phi) is 4.77. The van der Waals surface area contributed by atoms with Crippen LogP contribution in [0.5, 0.6) is 11.6 Å². The van der Waals surface area contributed by atoms with Gasteiger partial charge in [0.25, 0.3) is 0 Å². The summed E-state index contributed by atoms with van der Waals surface area (Å²) < 4.78 is 16.5. The van der Waals surface area contributed by atoms with E-state index in [-0.39, 0.29) is 12.0 Å². The van der Waals surface area contributed by atoms with E-state index in [9.17, 15) is 0 Å². The molecule has 0 spiro atoms. The average Bonchev–Trinajstić information content (AvgIpc) is 3.33. The van der Waals surface area contributed by atoms with E-state index in [2.05, 4.69) is 42.0 Å². The first-order valence-corrected chi connectivity index (χ1v) is 9.73. The van der Waals surface area contributed by atoms with Crippen molar-refractivity contribution in [3.63, 3.8) is 0 Å². The highest BCUT2D eigenvalue weighted by molar-refractivity contribution is 7.18. The van der Waals surface area contributed by atoms with E-state index in [0.717, 1.165) is 27.2 Å². The SMILES string of the molecule is COc1ccc(-c2cc(COc3ncnc4sc(C(C)(C)C)cc34)on2)cc1. The molecule has 0 aliphatic heterocycles. The summed E-state index contributed by atoms with van der Waals surface area (Å²) in [5.74, 6) is 1.98. The molecule has 0 saturated carbocycles. The summed E-state index contributed by atoms with van der Waals surface area (Å²) in [7, 11) is 1.64. The monoisotopic (exact) mass is 395 g/mol. The maximum absolute atomic E-state index is 5.92. The summed E-state index contributed by atoms with van der Waals surface area (Å²) in [5, 5.41) is 5.05. The molecule has 144 valence electrons. The molecule has 1 aromatic carbocycles. The molecule has 0 aliphatic rings. The van der Waals surface area contributed by atoms with Gasteiger partial charge in [0.15, 0.2) is 12.4 Å². The number of nitrogens with zero attached hydrogens (tertiary/aromatic N) is 3. The van der Waals surface area contributed by atoms with Crippen molar-refractivity contribution in [1.82, 2.24) is 15.1 Å². The van der Waals surface area contributed by atoms with Crippen LogP contribution in [0.4, 0.5) is 0 Å². The molecule has 0 atom stereocenters. The summed E-state index contributed by atoms with van der Waals surface area (Å²) in [5.41, 5.74) is 1.76. The smallest absolute Gasteiger partial charge is 0.225 e.